The van der Waals surface area contributed by atoms with Crippen LogP contribution < -0.4 is 14.9 Å². The summed E-state index contributed by atoms with van der Waals surface area (Å²) in [5.41, 5.74) is 4.20. The zero-order valence-electron chi connectivity index (χ0n) is 19.4. The molecule has 0 bridgehead atoms. The van der Waals surface area contributed by atoms with Crippen molar-refractivity contribution in [3.8, 4) is 11.5 Å². The van der Waals surface area contributed by atoms with Gasteiger partial charge in [0.1, 0.15) is 23.9 Å². The fraction of sp³-hybridized carbons (Fsp3) is 0.143. The minimum atomic E-state index is -0.778. The zero-order chi connectivity index (χ0) is 25.5. The molecular weight excluding hydrogens is 502 g/mol. The molecule has 8 heteroatoms. The second-order valence-electron chi connectivity index (χ2n) is 7.97. The molecule has 1 N–H and O–H groups in total. The van der Waals surface area contributed by atoms with Crippen LogP contribution in [0, 0.1) is 5.82 Å². The summed E-state index contributed by atoms with van der Waals surface area (Å²) in [5.74, 6) is 0.347. The number of carbonyl (C=O) groups is 1. The van der Waals surface area contributed by atoms with Crippen molar-refractivity contribution >= 4 is 46.1 Å². The van der Waals surface area contributed by atoms with Gasteiger partial charge in [-0.05, 0) is 65.2 Å². The van der Waals surface area contributed by atoms with Gasteiger partial charge in [0.15, 0.2) is 6.10 Å². The smallest absolute Gasteiger partial charge is 0.281 e. The minimum absolute atomic E-state index is 0.286. The Kier molecular flexibility index (Phi) is 8.41. The quantitative estimate of drug-likeness (QED) is 0.186. The number of rotatable bonds is 9. The van der Waals surface area contributed by atoms with E-state index in [1.54, 1.807) is 36.5 Å². The molecule has 0 aliphatic rings. The predicted octanol–water partition coefficient (Wildman–Crippen LogP) is 7.17. The van der Waals surface area contributed by atoms with Gasteiger partial charge < -0.3 is 9.47 Å². The lowest BCUT2D eigenvalue weighted by molar-refractivity contribution is -0.128. The van der Waals surface area contributed by atoms with Crippen LogP contribution in [0.3, 0.4) is 0 Å². The Morgan fingerprint density at radius 1 is 1.06 bits per heavy atom. The molecule has 1 amide bonds. The van der Waals surface area contributed by atoms with Gasteiger partial charge >= 0.3 is 0 Å². The van der Waals surface area contributed by atoms with Crippen molar-refractivity contribution in [3.05, 3.63) is 106 Å². The van der Waals surface area contributed by atoms with Crippen LogP contribution in [0.1, 0.15) is 24.5 Å². The third-order valence-electron chi connectivity index (χ3n) is 5.41. The molecule has 1 unspecified atom stereocenters. The third-order valence-corrected chi connectivity index (χ3v) is 5.94. The maximum absolute atomic E-state index is 13.1. The average molecular weight is 525 g/mol. The molecule has 0 heterocycles. The van der Waals surface area contributed by atoms with Gasteiger partial charge in [-0.25, -0.2) is 9.82 Å². The van der Waals surface area contributed by atoms with Gasteiger partial charge in [0.2, 0.25) is 0 Å². The monoisotopic (exact) mass is 524 g/mol. The standard InChI is InChI=1S/C28H23Cl2FN2O3/c1-2-26(36-27-13-9-21(29)14-25(27)30)28(34)33-32-16-20-5-3-4-19-8-12-23(15-24(19)20)35-17-18-6-10-22(31)11-7-18/h3-16,26H,2,17H2,1H3,(H,33,34)/b32-16+. The highest BCUT2D eigenvalue weighted by Gasteiger charge is 2.19. The second-order valence-corrected chi connectivity index (χ2v) is 8.81. The van der Waals surface area contributed by atoms with Gasteiger partial charge in [-0.15, -0.1) is 0 Å². The first-order chi connectivity index (χ1) is 17.4. The van der Waals surface area contributed by atoms with Crippen LogP contribution in [0.4, 0.5) is 4.39 Å². The predicted molar refractivity (Wildman–Crippen MR) is 142 cm³/mol. The van der Waals surface area contributed by atoms with E-state index in [0.717, 1.165) is 21.9 Å². The molecule has 0 fully saturated rings. The van der Waals surface area contributed by atoms with Gasteiger partial charge in [0.05, 0.1) is 11.2 Å². The minimum Gasteiger partial charge on any atom is -0.489 e. The van der Waals surface area contributed by atoms with Crippen molar-refractivity contribution in [2.45, 2.75) is 26.1 Å². The highest BCUT2D eigenvalue weighted by atomic mass is 35.5. The normalized spacial score (nSPS) is 12.0. The first kappa shape index (κ1) is 25.5. The second kappa shape index (κ2) is 11.9. The fourth-order valence-corrected chi connectivity index (χ4v) is 3.96. The van der Waals surface area contributed by atoms with E-state index in [4.69, 9.17) is 32.7 Å². The number of hydrogen-bond donors (Lipinski definition) is 1. The number of nitrogens with one attached hydrogen (secondary N) is 1. The van der Waals surface area contributed by atoms with Gasteiger partial charge in [-0.1, -0.05) is 66.5 Å². The summed E-state index contributed by atoms with van der Waals surface area (Å²) in [6.45, 7) is 2.14. The van der Waals surface area contributed by atoms with Gasteiger partial charge in [0, 0.05) is 10.6 Å². The Balaban J connectivity index is 1.44. The summed E-state index contributed by atoms with van der Waals surface area (Å²) in [4.78, 5) is 12.6. The van der Waals surface area contributed by atoms with Crippen LogP contribution in [0.25, 0.3) is 10.8 Å². The van der Waals surface area contributed by atoms with Gasteiger partial charge in [-0.3, -0.25) is 4.79 Å². The number of ether oxygens (including phenoxy) is 2. The van der Waals surface area contributed by atoms with Crippen LogP contribution in [-0.4, -0.2) is 18.2 Å². The molecule has 0 saturated carbocycles. The van der Waals surface area contributed by atoms with E-state index >= 15 is 0 Å². The number of benzene rings is 4. The van der Waals surface area contributed by atoms with Crippen LogP contribution in [0.5, 0.6) is 11.5 Å². The molecular formula is C28H23Cl2FN2O3. The molecule has 0 aromatic heterocycles. The fourth-order valence-electron chi connectivity index (χ4n) is 3.51. The molecule has 184 valence electrons. The summed E-state index contributed by atoms with van der Waals surface area (Å²) in [5, 5.41) is 6.84. The molecule has 36 heavy (non-hydrogen) atoms. The Morgan fingerprint density at radius 2 is 1.86 bits per heavy atom. The summed E-state index contributed by atoms with van der Waals surface area (Å²) < 4.78 is 24.8. The molecule has 0 aliphatic carbocycles. The van der Waals surface area contributed by atoms with Crippen molar-refractivity contribution in [3.63, 3.8) is 0 Å². The Bertz CT molecular complexity index is 1390. The number of hydrogen-bond acceptors (Lipinski definition) is 4. The number of hydrazone groups is 1. The summed E-state index contributed by atoms with van der Waals surface area (Å²) >= 11 is 12.1. The van der Waals surface area contributed by atoms with E-state index in [1.165, 1.54) is 12.1 Å². The highest BCUT2D eigenvalue weighted by molar-refractivity contribution is 6.35. The molecule has 0 radical (unpaired) electrons. The average Bonchev–Trinajstić information content (AvgIpc) is 2.88. The Hall–Kier alpha value is -3.61. The first-order valence-corrected chi connectivity index (χ1v) is 12.0. The van der Waals surface area contributed by atoms with Gasteiger partial charge in [-0.2, -0.15) is 5.10 Å². The summed E-state index contributed by atoms with van der Waals surface area (Å²) in [6.07, 6.45) is 1.22. The largest absolute Gasteiger partial charge is 0.489 e. The van der Waals surface area contributed by atoms with Crippen molar-refractivity contribution in [2.24, 2.45) is 5.10 Å². The molecule has 4 aromatic carbocycles. The number of fused-ring (bicyclic) bond motifs is 1. The lowest BCUT2D eigenvalue weighted by Crippen LogP contribution is -2.35. The topological polar surface area (TPSA) is 59.9 Å². The molecule has 4 aromatic rings. The number of carbonyl (C=O) groups excluding carboxylic acids is 1. The lowest BCUT2D eigenvalue weighted by Gasteiger charge is -2.16. The van der Waals surface area contributed by atoms with Crippen molar-refractivity contribution in [2.75, 3.05) is 0 Å². The number of amides is 1. The summed E-state index contributed by atoms with van der Waals surface area (Å²) in [7, 11) is 0. The van der Waals surface area contributed by atoms with E-state index in [9.17, 15) is 9.18 Å². The Morgan fingerprint density at radius 3 is 2.61 bits per heavy atom. The van der Waals surface area contributed by atoms with Crippen molar-refractivity contribution < 1.29 is 18.7 Å². The molecule has 0 aliphatic heterocycles. The SMILES string of the molecule is CCC(Oc1ccc(Cl)cc1Cl)C(=O)N/N=C/c1cccc2ccc(OCc3ccc(F)cc3)cc12. The summed E-state index contributed by atoms with van der Waals surface area (Å²) in [6, 6.07) is 22.5. The third kappa shape index (κ3) is 6.53. The van der Waals surface area contributed by atoms with Crippen molar-refractivity contribution in [1.82, 2.24) is 5.43 Å². The van der Waals surface area contributed by atoms with E-state index in [2.05, 4.69) is 10.5 Å². The molecule has 0 saturated heterocycles. The molecule has 5 nitrogen and oxygen atoms in total. The first-order valence-electron chi connectivity index (χ1n) is 11.3. The lowest BCUT2D eigenvalue weighted by atomic mass is 10.1. The van der Waals surface area contributed by atoms with E-state index in [1.807, 2.05) is 43.3 Å². The highest BCUT2D eigenvalue weighted by Crippen LogP contribution is 2.29. The van der Waals surface area contributed by atoms with Gasteiger partial charge in [0.25, 0.3) is 5.91 Å². The number of halogens is 3. The van der Waals surface area contributed by atoms with Crippen LogP contribution in [-0.2, 0) is 11.4 Å². The Labute approximate surface area is 218 Å². The molecule has 1 atom stereocenters. The molecule has 4 rings (SSSR count). The van der Waals surface area contributed by atoms with E-state index in [-0.39, 0.29) is 5.82 Å². The maximum Gasteiger partial charge on any atom is 0.281 e. The van der Waals surface area contributed by atoms with E-state index < -0.39 is 12.0 Å². The zero-order valence-corrected chi connectivity index (χ0v) is 20.9. The molecule has 0 spiro atoms. The maximum atomic E-state index is 13.1. The number of nitrogens with zero attached hydrogens (tertiary/aromatic N) is 1. The van der Waals surface area contributed by atoms with Crippen molar-refractivity contribution in [1.29, 1.82) is 0 Å². The van der Waals surface area contributed by atoms with Crippen LogP contribution in [0.15, 0.2) is 84.0 Å². The van der Waals surface area contributed by atoms with E-state index in [0.29, 0.717) is 34.6 Å². The van der Waals surface area contributed by atoms with Crippen LogP contribution in [0.2, 0.25) is 10.0 Å². The van der Waals surface area contributed by atoms with Crippen LogP contribution >= 0.6 is 23.2 Å².